The first-order valence-electron chi connectivity index (χ1n) is 9.56. The Kier molecular flexibility index (Phi) is 18.5. The van der Waals surface area contributed by atoms with Crippen LogP contribution in [0.1, 0.15) is 110 Å². The molecule has 0 amide bonds. The predicted octanol–water partition coefficient (Wildman–Crippen LogP) is 6.85. The first-order chi connectivity index (χ1) is 10.3. The molecule has 0 rings (SSSR count). The fourth-order valence-corrected chi connectivity index (χ4v) is 3.15. The molecule has 0 bridgehead atoms. The highest BCUT2D eigenvalue weighted by atomic mass is 35.5. The Balaban J connectivity index is 3.02. The van der Waals surface area contributed by atoms with Crippen molar-refractivity contribution in [2.75, 3.05) is 6.61 Å². The molecule has 0 aliphatic carbocycles. The fraction of sp³-hybridized carbons (Fsp3) is 1.00. The van der Waals surface area contributed by atoms with E-state index in [9.17, 15) is 0 Å². The number of alkyl halides is 1. The number of hydrogen-bond donors (Lipinski definition) is 1. The maximum Gasteiger partial charge on any atom is 0.0431 e. The Morgan fingerprint density at radius 3 is 1.43 bits per heavy atom. The summed E-state index contributed by atoms with van der Waals surface area (Å²) >= 11 is 6.19. The van der Waals surface area contributed by atoms with Crippen molar-refractivity contribution in [3.8, 4) is 0 Å². The summed E-state index contributed by atoms with van der Waals surface area (Å²) in [6.45, 7) is 2.56. The lowest BCUT2D eigenvalue weighted by Crippen LogP contribution is -1.99. The van der Waals surface area contributed by atoms with Crippen LogP contribution in [0.15, 0.2) is 0 Å². The van der Waals surface area contributed by atoms with E-state index in [1.54, 1.807) is 0 Å². The van der Waals surface area contributed by atoms with Gasteiger partial charge in [0.05, 0.1) is 0 Å². The smallest absolute Gasteiger partial charge is 0.0431 e. The van der Waals surface area contributed by atoms with Gasteiger partial charge < -0.3 is 5.11 Å². The van der Waals surface area contributed by atoms with Crippen LogP contribution in [0, 0.1) is 0 Å². The molecule has 0 heterocycles. The molecule has 0 fully saturated rings. The summed E-state index contributed by atoms with van der Waals surface area (Å²) in [5.41, 5.74) is 0. The fourth-order valence-electron chi connectivity index (χ4n) is 2.84. The van der Waals surface area contributed by atoms with E-state index in [0.29, 0.717) is 0 Å². The highest BCUT2D eigenvalue weighted by Gasteiger charge is 2.03. The van der Waals surface area contributed by atoms with Crippen molar-refractivity contribution in [3.63, 3.8) is 0 Å². The monoisotopic (exact) mass is 318 g/mol. The number of hydrogen-bond acceptors (Lipinski definition) is 1. The highest BCUT2D eigenvalue weighted by molar-refractivity contribution is 6.20. The Hall–Kier alpha value is 0.250. The lowest BCUT2D eigenvalue weighted by molar-refractivity contribution is 0.283. The van der Waals surface area contributed by atoms with Gasteiger partial charge in [-0.3, -0.25) is 0 Å². The van der Waals surface area contributed by atoms with Gasteiger partial charge in [0.15, 0.2) is 0 Å². The van der Waals surface area contributed by atoms with Crippen LogP contribution in [-0.2, 0) is 0 Å². The summed E-state index contributed by atoms with van der Waals surface area (Å²) in [7, 11) is 0. The van der Waals surface area contributed by atoms with Crippen LogP contribution in [0.2, 0.25) is 0 Å². The van der Waals surface area contributed by atoms with Crippen LogP contribution >= 0.6 is 11.6 Å². The third-order valence-electron chi connectivity index (χ3n) is 4.30. The number of halogens is 1. The molecule has 2 heteroatoms. The zero-order valence-corrected chi connectivity index (χ0v) is 15.2. The summed E-state index contributed by atoms with van der Waals surface area (Å²) in [6.07, 6.45) is 21.2. The van der Waals surface area contributed by atoms with Crippen LogP contribution < -0.4 is 0 Å². The molecule has 21 heavy (non-hydrogen) atoms. The third kappa shape index (κ3) is 18.2. The molecular formula is C19H39ClO. The van der Waals surface area contributed by atoms with Crippen LogP contribution in [0.25, 0.3) is 0 Å². The maximum atomic E-state index is 8.74. The minimum absolute atomic E-state index is 0.280. The molecule has 1 N–H and O–H groups in total. The summed E-state index contributed by atoms with van der Waals surface area (Å²) < 4.78 is 0. The third-order valence-corrected chi connectivity index (χ3v) is 4.73. The standard InChI is InChI=1S/C19H39ClO/c1-2-3-4-5-6-7-8-9-10-11-12-13-14-16-19(20)17-15-18-21/h19,21H,2-18H2,1H3. The minimum Gasteiger partial charge on any atom is -0.396 e. The Morgan fingerprint density at radius 1 is 0.619 bits per heavy atom. The first kappa shape index (κ1) is 21.2. The van der Waals surface area contributed by atoms with Gasteiger partial charge in [0.1, 0.15) is 0 Å². The van der Waals surface area contributed by atoms with Gasteiger partial charge in [0.25, 0.3) is 0 Å². The Bertz CT molecular complexity index is 184. The van der Waals surface area contributed by atoms with Crippen molar-refractivity contribution in [1.82, 2.24) is 0 Å². The van der Waals surface area contributed by atoms with E-state index in [4.69, 9.17) is 16.7 Å². The zero-order valence-electron chi connectivity index (χ0n) is 14.4. The van der Waals surface area contributed by atoms with Crippen LogP contribution in [0.5, 0.6) is 0 Å². The molecule has 0 aromatic heterocycles. The molecule has 0 saturated carbocycles. The quantitative estimate of drug-likeness (QED) is 0.230. The lowest BCUT2D eigenvalue weighted by Gasteiger charge is -2.08. The number of aliphatic hydroxyl groups excluding tert-OH is 1. The van der Waals surface area contributed by atoms with Gasteiger partial charge in [-0.15, -0.1) is 11.6 Å². The van der Waals surface area contributed by atoms with Crippen molar-refractivity contribution in [3.05, 3.63) is 0 Å². The van der Waals surface area contributed by atoms with Gasteiger partial charge in [-0.05, 0) is 19.3 Å². The summed E-state index contributed by atoms with van der Waals surface area (Å²) in [4.78, 5) is 0. The van der Waals surface area contributed by atoms with Crippen molar-refractivity contribution >= 4 is 11.6 Å². The molecule has 0 radical (unpaired) electrons. The molecule has 0 aromatic carbocycles. The van der Waals surface area contributed by atoms with Gasteiger partial charge in [-0.2, -0.15) is 0 Å². The van der Waals surface area contributed by atoms with Crippen LogP contribution in [0.3, 0.4) is 0 Å². The second-order valence-electron chi connectivity index (χ2n) is 6.49. The van der Waals surface area contributed by atoms with Crippen molar-refractivity contribution in [2.24, 2.45) is 0 Å². The van der Waals surface area contributed by atoms with Crippen molar-refractivity contribution in [1.29, 1.82) is 0 Å². The SMILES string of the molecule is CCCCCCCCCCCCCCCC(Cl)CCCO. The highest BCUT2D eigenvalue weighted by Crippen LogP contribution is 2.16. The predicted molar refractivity (Wildman–Crippen MR) is 96.3 cm³/mol. The molecule has 0 aromatic rings. The molecule has 0 aliphatic rings. The van der Waals surface area contributed by atoms with E-state index < -0.39 is 0 Å². The zero-order chi connectivity index (χ0) is 15.6. The minimum atomic E-state index is 0.280. The van der Waals surface area contributed by atoms with Crippen LogP contribution in [-0.4, -0.2) is 17.1 Å². The average molecular weight is 319 g/mol. The van der Waals surface area contributed by atoms with Crippen molar-refractivity contribution in [2.45, 2.75) is 115 Å². The van der Waals surface area contributed by atoms with Gasteiger partial charge >= 0.3 is 0 Å². The maximum absolute atomic E-state index is 8.74. The van der Waals surface area contributed by atoms with E-state index in [2.05, 4.69) is 6.92 Å². The summed E-state index contributed by atoms with van der Waals surface area (Å²) in [5, 5.41) is 9.02. The molecular weight excluding hydrogens is 280 g/mol. The largest absolute Gasteiger partial charge is 0.396 e. The summed E-state index contributed by atoms with van der Waals surface area (Å²) in [6, 6.07) is 0. The molecule has 0 saturated heterocycles. The van der Waals surface area contributed by atoms with Gasteiger partial charge in [0.2, 0.25) is 0 Å². The molecule has 1 atom stereocenters. The Labute approximate surface area is 138 Å². The number of rotatable bonds is 17. The van der Waals surface area contributed by atoms with Crippen molar-refractivity contribution < 1.29 is 5.11 Å². The molecule has 1 unspecified atom stereocenters. The summed E-state index contributed by atoms with van der Waals surface area (Å²) in [5.74, 6) is 0. The second-order valence-corrected chi connectivity index (χ2v) is 7.11. The van der Waals surface area contributed by atoms with Gasteiger partial charge in [0, 0.05) is 12.0 Å². The molecule has 0 aliphatic heterocycles. The normalized spacial score (nSPS) is 12.7. The van der Waals surface area contributed by atoms with E-state index in [-0.39, 0.29) is 12.0 Å². The van der Waals surface area contributed by atoms with Gasteiger partial charge in [-0.25, -0.2) is 0 Å². The van der Waals surface area contributed by atoms with E-state index in [1.807, 2.05) is 0 Å². The van der Waals surface area contributed by atoms with Gasteiger partial charge in [-0.1, -0.05) is 90.4 Å². The second kappa shape index (κ2) is 18.3. The Morgan fingerprint density at radius 2 is 1.00 bits per heavy atom. The lowest BCUT2D eigenvalue weighted by atomic mass is 10.0. The van der Waals surface area contributed by atoms with E-state index in [1.165, 1.54) is 83.5 Å². The molecule has 128 valence electrons. The average Bonchev–Trinajstić information content (AvgIpc) is 2.49. The molecule has 0 spiro atoms. The van der Waals surface area contributed by atoms with Crippen LogP contribution in [0.4, 0.5) is 0 Å². The van der Waals surface area contributed by atoms with E-state index >= 15 is 0 Å². The number of unbranched alkanes of at least 4 members (excludes halogenated alkanes) is 12. The first-order valence-corrected chi connectivity index (χ1v) is 9.99. The number of aliphatic hydroxyl groups is 1. The topological polar surface area (TPSA) is 20.2 Å². The van der Waals surface area contributed by atoms with E-state index in [0.717, 1.165) is 19.3 Å². The molecule has 1 nitrogen and oxygen atoms in total.